The van der Waals surface area contributed by atoms with Crippen molar-refractivity contribution in [3.63, 3.8) is 0 Å². The molecule has 1 N–H and O–H groups in total. The maximum Gasteiger partial charge on any atom is 0.244 e. The number of imide groups is 1. The minimum Gasteiger partial charge on any atom is -0.325 e. The van der Waals surface area contributed by atoms with Crippen molar-refractivity contribution in [2.24, 2.45) is 23.7 Å². The lowest BCUT2D eigenvalue weighted by Crippen LogP contribution is -2.39. The van der Waals surface area contributed by atoms with Crippen molar-refractivity contribution in [2.75, 3.05) is 11.9 Å². The van der Waals surface area contributed by atoms with Crippen LogP contribution in [0.3, 0.4) is 0 Å². The predicted molar refractivity (Wildman–Crippen MR) is 84.3 cm³/mol. The molecule has 1 heterocycles. The summed E-state index contributed by atoms with van der Waals surface area (Å²) in [6.45, 7) is 1.78. The second kappa shape index (κ2) is 5.18. The summed E-state index contributed by atoms with van der Waals surface area (Å²) in [5, 5.41) is 2.77. The number of hydrogen-bond donors (Lipinski definition) is 1. The van der Waals surface area contributed by atoms with Crippen LogP contribution in [0.25, 0.3) is 0 Å². The van der Waals surface area contributed by atoms with Gasteiger partial charge in [0.25, 0.3) is 0 Å². The average molecular weight is 312 g/mol. The van der Waals surface area contributed by atoms with Crippen molar-refractivity contribution in [3.05, 3.63) is 29.8 Å². The molecule has 2 bridgehead atoms. The van der Waals surface area contributed by atoms with E-state index in [1.807, 2.05) is 25.1 Å². The maximum atomic E-state index is 12.6. The normalized spacial score (nSPS) is 31.6. The Hall–Kier alpha value is -2.17. The van der Waals surface area contributed by atoms with Crippen molar-refractivity contribution in [1.82, 2.24) is 4.90 Å². The van der Waals surface area contributed by atoms with Crippen molar-refractivity contribution in [2.45, 2.75) is 26.2 Å². The fourth-order valence-corrected chi connectivity index (χ4v) is 4.69. The Morgan fingerprint density at radius 3 is 2.43 bits per heavy atom. The molecule has 5 nitrogen and oxygen atoms in total. The zero-order chi connectivity index (χ0) is 16.1. The highest BCUT2D eigenvalue weighted by Crippen LogP contribution is 2.56. The zero-order valence-corrected chi connectivity index (χ0v) is 13.1. The highest BCUT2D eigenvalue weighted by atomic mass is 16.2. The van der Waals surface area contributed by atoms with E-state index in [9.17, 15) is 14.4 Å². The Balaban J connectivity index is 1.46. The first kappa shape index (κ1) is 14.4. The number of anilines is 1. The number of fused-ring (bicyclic) bond motifs is 5. The molecule has 0 spiro atoms. The molecule has 0 unspecified atom stereocenters. The summed E-state index contributed by atoms with van der Waals surface area (Å²) in [5.41, 5.74) is 1.73. The molecule has 23 heavy (non-hydrogen) atoms. The molecule has 2 aliphatic carbocycles. The number of nitrogens with one attached hydrogen (secondary N) is 1. The summed E-state index contributed by atoms with van der Waals surface area (Å²) >= 11 is 0. The quantitative estimate of drug-likeness (QED) is 0.868. The number of aryl methyl sites for hydroxylation is 1. The van der Waals surface area contributed by atoms with E-state index in [4.69, 9.17) is 0 Å². The van der Waals surface area contributed by atoms with Crippen LogP contribution in [0.1, 0.15) is 24.8 Å². The molecular formula is C18H20N2O3. The predicted octanol–water partition coefficient (Wildman–Crippen LogP) is 1.96. The van der Waals surface area contributed by atoms with E-state index in [-0.39, 0.29) is 36.1 Å². The third kappa shape index (κ3) is 2.26. The lowest BCUT2D eigenvalue weighted by molar-refractivity contribution is -0.143. The minimum atomic E-state index is -0.315. The van der Waals surface area contributed by atoms with Crippen LogP contribution in [0.5, 0.6) is 0 Å². The molecule has 4 rings (SSSR count). The molecule has 120 valence electrons. The number of likely N-dealkylation sites (tertiary alicyclic amines) is 1. The SMILES string of the molecule is Cc1cccc(NC(=O)CN2C(=O)[C@@H]3[C@@H]4CC[C@@H](C4)[C@@H]3C2=O)c1. The Morgan fingerprint density at radius 2 is 1.83 bits per heavy atom. The van der Waals surface area contributed by atoms with Crippen LogP contribution in [0.2, 0.25) is 0 Å². The second-order valence-corrected chi connectivity index (χ2v) is 7.07. The van der Waals surface area contributed by atoms with Crippen molar-refractivity contribution in [1.29, 1.82) is 0 Å². The van der Waals surface area contributed by atoms with Crippen molar-refractivity contribution in [3.8, 4) is 0 Å². The summed E-state index contributed by atoms with van der Waals surface area (Å²) in [6.07, 6.45) is 3.11. The van der Waals surface area contributed by atoms with Crippen molar-refractivity contribution < 1.29 is 14.4 Å². The minimum absolute atomic E-state index is 0.133. The van der Waals surface area contributed by atoms with Gasteiger partial charge < -0.3 is 5.32 Å². The Kier molecular flexibility index (Phi) is 3.25. The molecule has 1 saturated heterocycles. The standard InChI is InChI=1S/C18H20N2O3/c1-10-3-2-4-13(7-10)19-14(21)9-20-17(22)15-11-5-6-12(8-11)16(15)18(20)23/h2-4,7,11-12,15-16H,5-6,8-9H2,1H3,(H,19,21)/t11-,12+,15-,16+. The maximum absolute atomic E-state index is 12.6. The number of benzene rings is 1. The van der Waals surface area contributed by atoms with Crippen LogP contribution in [-0.4, -0.2) is 29.2 Å². The fraction of sp³-hybridized carbons (Fsp3) is 0.500. The highest BCUT2D eigenvalue weighted by molar-refractivity contribution is 6.09. The number of amides is 3. The lowest BCUT2D eigenvalue weighted by Gasteiger charge is -2.19. The molecule has 3 fully saturated rings. The van der Waals surface area contributed by atoms with Gasteiger partial charge in [-0.2, -0.15) is 0 Å². The fourth-order valence-electron chi connectivity index (χ4n) is 4.69. The summed E-state index contributed by atoms with van der Waals surface area (Å²) in [4.78, 5) is 38.5. The van der Waals surface area contributed by atoms with Gasteiger partial charge in [0.1, 0.15) is 6.54 Å². The molecule has 1 aromatic rings. The third-order valence-corrected chi connectivity index (χ3v) is 5.62. The summed E-state index contributed by atoms with van der Waals surface area (Å²) < 4.78 is 0. The van der Waals surface area contributed by atoms with E-state index in [2.05, 4.69) is 5.32 Å². The summed E-state index contributed by atoms with van der Waals surface area (Å²) in [6, 6.07) is 7.47. The number of hydrogen-bond acceptors (Lipinski definition) is 3. The topological polar surface area (TPSA) is 66.5 Å². The monoisotopic (exact) mass is 312 g/mol. The lowest BCUT2D eigenvalue weighted by atomic mass is 9.81. The van der Waals surface area contributed by atoms with E-state index in [0.29, 0.717) is 17.5 Å². The molecule has 5 heteroatoms. The van der Waals surface area contributed by atoms with E-state index >= 15 is 0 Å². The van der Waals surface area contributed by atoms with Crippen molar-refractivity contribution >= 4 is 23.4 Å². The van der Waals surface area contributed by atoms with Crippen LogP contribution in [0.4, 0.5) is 5.69 Å². The highest BCUT2D eigenvalue weighted by Gasteiger charge is 2.60. The molecule has 3 amide bonds. The Morgan fingerprint density at radius 1 is 1.17 bits per heavy atom. The van der Waals surface area contributed by atoms with Gasteiger partial charge in [-0.3, -0.25) is 19.3 Å². The van der Waals surface area contributed by atoms with Gasteiger partial charge in [0.2, 0.25) is 17.7 Å². The number of nitrogens with zero attached hydrogens (tertiary/aromatic N) is 1. The van der Waals surface area contributed by atoms with E-state index in [0.717, 1.165) is 24.8 Å². The largest absolute Gasteiger partial charge is 0.325 e. The smallest absolute Gasteiger partial charge is 0.244 e. The molecule has 0 aromatic heterocycles. The number of carbonyl (C=O) groups is 3. The molecular weight excluding hydrogens is 292 g/mol. The summed E-state index contributed by atoms with van der Waals surface area (Å²) in [7, 11) is 0. The van der Waals surface area contributed by atoms with E-state index < -0.39 is 0 Å². The van der Waals surface area contributed by atoms with Gasteiger partial charge in [-0.1, -0.05) is 12.1 Å². The van der Waals surface area contributed by atoms with Gasteiger partial charge in [-0.15, -0.1) is 0 Å². The number of carbonyl (C=O) groups excluding carboxylic acids is 3. The third-order valence-electron chi connectivity index (χ3n) is 5.62. The molecule has 2 saturated carbocycles. The van der Waals surface area contributed by atoms with Crippen LogP contribution in [0.15, 0.2) is 24.3 Å². The van der Waals surface area contributed by atoms with Crippen LogP contribution < -0.4 is 5.32 Å². The molecule has 1 aliphatic heterocycles. The molecule has 3 aliphatic rings. The first-order valence-electron chi connectivity index (χ1n) is 8.26. The van der Waals surface area contributed by atoms with Gasteiger partial charge in [0.15, 0.2) is 0 Å². The Labute approximate surface area is 135 Å². The van der Waals surface area contributed by atoms with Gasteiger partial charge in [-0.25, -0.2) is 0 Å². The average Bonchev–Trinajstić information content (AvgIpc) is 3.17. The van der Waals surface area contributed by atoms with Gasteiger partial charge in [0.05, 0.1) is 11.8 Å². The number of rotatable bonds is 3. The second-order valence-electron chi connectivity index (χ2n) is 7.07. The van der Waals surface area contributed by atoms with Gasteiger partial charge in [-0.05, 0) is 55.7 Å². The van der Waals surface area contributed by atoms with Gasteiger partial charge in [0, 0.05) is 5.69 Å². The molecule has 1 aromatic carbocycles. The first-order valence-corrected chi connectivity index (χ1v) is 8.26. The zero-order valence-electron chi connectivity index (χ0n) is 13.1. The van der Waals surface area contributed by atoms with Crippen LogP contribution in [-0.2, 0) is 14.4 Å². The summed E-state index contributed by atoms with van der Waals surface area (Å²) in [5.74, 6) is -0.193. The van der Waals surface area contributed by atoms with E-state index in [1.165, 1.54) is 4.90 Å². The van der Waals surface area contributed by atoms with E-state index in [1.54, 1.807) is 6.07 Å². The van der Waals surface area contributed by atoms with Gasteiger partial charge >= 0.3 is 0 Å². The molecule has 4 atom stereocenters. The Bertz CT molecular complexity index is 671. The molecule has 0 radical (unpaired) electrons. The first-order chi connectivity index (χ1) is 11.0. The van der Waals surface area contributed by atoms with Crippen LogP contribution in [0, 0.1) is 30.6 Å². The van der Waals surface area contributed by atoms with Crippen LogP contribution >= 0.6 is 0 Å².